The van der Waals surface area contributed by atoms with E-state index in [0.29, 0.717) is 48.1 Å². The highest BCUT2D eigenvalue weighted by Gasteiger charge is 2.45. The second-order valence-corrected chi connectivity index (χ2v) is 24.4. The molecule has 0 saturated carbocycles. The smallest absolute Gasteiger partial charge is 0.253 e. The molecule has 1 aromatic heterocycles. The van der Waals surface area contributed by atoms with Crippen LogP contribution in [0.2, 0.25) is 0 Å². The minimum absolute atomic E-state index is 0.0771. The number of aromatic nitrogens is 1. The molecule has 0 spiro atoms. The molecular formula is C54H72N10O17S2. The van der Waals surface area contributed by atoms with Crippen LogP contribution in [0.4, 0.5) is 0 Å². The third kappa shape index (κ3) is 15.2. The minimum atomic E-state index is -2.44. The Balaban J connectivity index is 1.35. The standard InChI is InChI=1S/C54H72N10O17S2/c1-5-26(2)33-16-29(66)19-56-49(75)28-14-34-32-6-7-41(81-4)35(24-82-31-10-12-62(22-31)44(72)11-13-63-45(73)8-9-46(63)74)48(32)61-53(34)83(80)25-37(58-43(71)20-57-50(33)76)51(77)59-36(18-42(55)70)54(79)64-21-30(67)17-38(64)52(78)60-47(39(68)15-28)27(3)40(69)23-65/h6-9,26-28,30-31,33,36-38,40,47,61,65,67,69H,5,10-25H2,1-4H3,(H2,55,70)(H,56,75)(H,57,76)(H,58,71)(H,59,77)(H,60,78)/t26-,27-,28+,30+,31+,33-,36-,37-,38-,40-,47-,83?/m0/s1. The van der Waals surface area contributed by atoms with Gasteiger partial charge in [-0.15, -0.1) is 0 Å². The number of ketones is 2. The lowest BCUT2D eigenvalue weighted by molar-refractivity contribution is -0.144. The Morgan fingerprint density at radius 2 is 1.61 bits per heavy atom. The van der Waals surface area contributed by atoms with E-state index in [1.807, 2.05) is 0 Å². The van der Waals surface area contributed by atoms with Gasteiger partial charge in [-0.1, -0.05) is 27.2 Å². The zero-order valence-corrected chi connectivity index (χ0v) is 48.1. The fourth-order valence-corrected chi connectivity index (χ4v) is 13.7. The van der Waals surface area contributed by atoms with Gasteiger partial charge in [0.15, 0.2) is 11.6 Å². The van der Waals surface area contributed by atoms with E-state index in [1.165, 1.54) is 25.8 Å². The molecule has 83 heavy (non-hydrogen) atoms. The number of likely N-dealkylation sites (tertiary alicyclic amines) is 1. The molecule has 0 radical (unpaired) electrons. The van der Waals surface area contributed by atoms with Crippen molar-refractivity contribution in [1.29, 1.82) is 0 Å². The normalized spacial score (nSPS) is 27.6. The number of rotatable bonds is 14. The molecule has 0 aliphatic carbocycles. The Labute approximate surface area is 484 Å². The van der Waals surface area contributed by atoms with Crippen molar-refractivity contribution in [2.45, 2.75) is 125 Å². The number of H-pyrrole nitrogens is 1. The summed E-state index contributed by atoms with van der Waals surface area (Å²) in [5, 5.41) is 44.7. The third-order valence-electron chi connectivity index (χ3n) is 16.1. The number of nitrogens with two attached hydrogens (primary N) is 1. The number of nitrogens with zero attached hydrogens (tertiary/aromatic N) is 3. The largest absolute Gasteiger partial charge is 0.496 e. The van der Waals surface area contributed by atoms with E-state index in [-0.39, 0.29) is 40.5 Å². The number of aromatic amines is 1. The summed E-state index contributed by atoms with van der Waals surface area (Å²) in [6.45, 7) is 2.67. The molecule has 2 saturated heterocycles. The first-order valence-electron chi connectivity index (χ1n) is 27.5. The number of primary amides is 1. The number of amides is 10. The van der Waals surface area contributed by atoms with E-state index < -0.39 is 200 Å². The van der Waals surface area contributed by atoms with Crippen LogP contribution in [0, 0.1) is 23.7 Å². The molecule has 27 nitrogen and oxygen atoms in total. The van der Waals surface area contributed by atoms with Gasteiger partial charge in [-0.2, -0.15) is 11.8 Å². The van der Waals surface area contributed by atoms with Crippen molar-refractivity contribution in [3.05, 3.63) is 35.4 Å². The summed E-state index contributed by atoms with van der Waals surface area (Å²) < 4.78 is 21.2. The Morgan fingerprint density at radius 1 is 0.904 bits per heavy atom. The maximum absolute atomic E-state index is 15.4. The van der Waals surface area contributed by atoms with Crippen LogP contribution in [-0.2, 0) is 80.5 Å². The molecule has 12 atom stereocenters. The molecule has 2 aromatic rings. The van der Waals surface area contributed by atoms with Gasteiger partial charge in [-0.05, 0) is 36.5 Å². The van der Waals surface area contributed by atoms with Crippen LogP contribution in [0.1, 0.15) is 76.8 Å². The van der Waals surface area contributed by atoms with Crippen LogP contribution in [0.3, 0.4) is 0 Å². The van der Waals surface area contributed by atoms with Crippen LogP contribution in [0.15, 0.2) is 29.3 Å². The van der Waals surface area contributed by atoms with E-state index in [4.69, 9.17) is 10.5 Å². The average molecular weight is 1200 g/mol. The van der Waals surface area contributed by atoms with E-state index >= 15 is 4.21 Å². The maximum Gasteiger partial charge on any atom is 0.253 e. The summed E-state index contributed by atoms with van der Waals surface area (Å²) in [5.74, 6) is -14.2. The zero-order chi connectivity index (χ0) is 60.6. The number of Topliss-reactive ketones (excluding diaryl/α,β-unsaturated/α-hetero) is 2. The fraction of sp³-hybridized carbons (Fsp3) is 0.593. The molecule has 5 aliphatic rings. The summed E-state index contributed by atoms with van der Waals surface area (Å²) in [6.07, 6.45) is -2.69. The number of aliphatic hydroxyl groups is 3. The van der Waals surface area contributed by atoms with Gasteiger partial charge in [-0.3, -0.25) is 66.6 Å². The van der Waals surface area contributed by atoms with Crippen molar-refractivity contribution < 1.29 is 81.8 Å². The molecule has 6 heterocycles. The van der Waals surface area contributed by atoms with Crippen LogP contribution in [0.5, 0.6) is 5.75 Å². The number of ether oxygens (including phenoxy) is 1. The lowest BCUT2D eigenvalue weighted by Crippen LogP contribution is -2.60. The van der Waals surface area contributed by atoms with Crippen LogP contribution in [0.25, 0.3) is 10.9 Å². The molecule has 10 amide bonds. The van der Waals surface area contributed by atoms with Crippen molar-refractivity contribution in [1.82, 2.24) is 46.3 Å². The predicted octanol–water partition coefficient (Wildman–Crippen LogP) is -3.29. The van der Waals surface area contributed by atoms with E-state index in [1.54, 1.807) is 30.9 Å². The highest BCUT2D eigenvalue weighted by atomic mass is 32.2. The van der Waals surface area contributed by atoms with Crippen LogP contribution < -0.4 is 37.1 Å². The quantitative estimate of drug-likeness (QED) is 0.0829. The van der Waals surface area contributed by atoms with E-state index in [0.717, 1.165) is 22.0 Å². The van der Waals surface area contributed by atoms with E-state index in [2.05, 4.69) is 31.6 Å². The van der Waals surface area contributed by atoms with Gasteiger partial charge in [0, 0.05) is 104 Å². The summed E-state index contributed by atoms with van der Waals surface area (Å²) in [7, 11) is -1.01. The lowest BCUT2D eigenvalue weighted by Gasteiger charge is -2.32. The number of carbonyl (C=O) groups is 12. The summed E-state index contributed by atoms with van der Waals surface area (Å²) in [5.41, 5.74) is 6.60. The van der Waals surface area contributed by atoms with Gasteiger partial charge < -0.3 is 67.2 Å². The molecule has 5 aliphatic heterocycles. The number of thioether (sulfide) groups is 1. The number of nitrogens with one attached hydrogen (secondary N) is 6. The monoisotopic (exact) mass is 1200 g/mol. The first-order chi connectivity index (χ1) is 39.4. The fourth-order valence-electron chi connectivity index (χ4n) is 11.0. The Hall–Kier alpha value is -7.08. The highest BCUT2D eigenvalue weighted by molar-refractivity contribution is 7.99. The number of imide groups is 1. The van der Waals surface area contributed by atoms with Crippen LogP contribution >= 0.6 is 11.8 Å². The van der Waals surface area contributed by atoms with Crippen molar-refractivity contribution in [2.75, 3.05) is 58.7 Å². The van der Waals surface area contributed by atoms with Crippen molar-refractivity contribution in [2.24, 2.45) is 29.4 Å². The lowest BCUT2D eigenvalue weighted by atomic mass is 9.85. The van der Waals surface area contributed by atoms with Gasteiger partial charge >= 0.3 is 0 Å². The van der Waals surface area contributed by atoms with Crippen molar-refractivity contribution >= 4 is 104 Å². The van der Waals surface area contributed by atoms with E-state index in [9.17, 15) is 72.9 Å². The number of benzene rings is 1. The molecular weight excluding hydrogens is 1120 g/mol. The van der Waals surface area contributed by atoms with Crippen molar-refractivity contribution in [3.8, 4) is 5.75 Å². The minimum Gasteiger partial charge on any atom is -0.496 e. The molecule has 1 aromatic carbocycles. The molecule has 7 rings (SSSR count). The van der Waals surface area contributed by atoms with Gasteiger partial charge in [0.1, 0.15) is 28.9 Å². The summed E-state index contributed by atoms with van der Waals surface area (Å²) >= 11 is 1.46. The molecule has 1 unspecified atom stereocenters. The second-order valence-electron chi connectivity index (χ2n) is 21.7. The summed E-state index contributed by atoms with van der Waals surface area (Å²) in [4.78, 5) is 172. The number of aliphatic hydroxyl groups excluding tert-OH is 3. The maximum atomic E-state index is 15.4. The third-order valence-corrected chi connectivity index (χ3v) is 18.8. The van der Waals surface area contributed by atoms with Gasteiger partial charge in [-0.25, -0.2) is 0 Å². The number of methoxy groups -OCH3 is 1. The second kappa shape index (κ2) is 28.0. The Kier molecular flexibility index (Phi) is 21.4. The number of hydrogen-bond acceptors (Lipinski definition) is 18. The zero-order valence-electron chi connectivity index (χ0n) is 46.5. The van der Waals surface area contributed by atoms with Gasteiger partial charge in [0.2, 0.25) is 47.3 Å². The molecule has 452 valence electrons. The summed E-state index contributed by atoms with van der Waals surface area (Å²) in [6, 6.07) is -3.76. The van der Waals surface area contributed by atoms with Gasteiger partial charge in [0.05, 0.1) is 73.5 Å². The molecule has 2 bridgehead atoms. The average Bonchev–Trinajstić information content (AvgIpc) is 4.30. The Morgan fingerprint density at radius 3 is 2.29 bits per heavy atom. The Bertz CT molecular complexity index is 2950. The SMILES string of the molecule is CC[C@H](C)[C@@H]1CC(=O)CNC(=O)[C@H]2CC(=O)[C@H]([C@@H](C)[C@@H](O)CO)NC(=O)[C@@H]3C[C@@H](O)CN3C(=O)[C@H](CC(N)=O)NC(=O)[C@H](CS(=O)c3[nH]c4c(CS[C@@H]5CCN(C(=O)CCN6C(=O)C=CC6=O)C5)c(OC)ccc4c3C2)NC(=O)CNC1=O. The number of hydrogen-bond donors (Lipinski definition) is 10. The number of fused-ring (bicyclic) bond motifs is 5. The number of carbonyl (C=O) groups excluding carboxylic acids is 12. The highest BCUT2D eigenvalue weighted by Crippen LogP contribution is 2.39. The molecule has 29 heteroatoms. The first-order valence-corrected chi connectivity index (χ1v) is 29.9. The molecule has 2 fully saturated rings. The predicted molar refractivity (Wildman–Crippen MR) is 296 cm³/mol. The molecule has 11 N–H and O–H groups in total. The first kappa shape index (κ1) is 63.5. The topological polar surface area (TPSA) is 404 Å². The van der Waals surface area contributed by atoms with Crippen LogP contribution in [-0.4, -0.2) is 210 Å². The van der Waals surface area contributed by atoms with Crippen molar-refractivity contribution in [3.63, 3.8) is 0 Å². The van der Waals surface area contributed by atoms with Gasteiger partial charge in [0.25, 0.3) is 11.8 Å².